The Labute approximate surface area is 65.8 Å². The first-order valence-corrected chi connectivity index (χ1v) is 4.11. The molecule has 0 unspecified atom stereocenters. The van der Waals surface area contributed by atoms with Crippen LogP contribution in [0.2, 0.25) is 0 Å². The van der Waals surface area contributed by atoms with Gasteiger partial charge < -0.3 is 4.74 Å². The Kier molecular flexibility index (Phi) is 1.79. The fourth-order valence-electron chi connectivity index (χ4n) is 1.49. The van der Waals surface area contributed by atoms with E-state index >= 15 is 0 Å². The van der Waals surface area contributed by atoms with Crippen LogP contribution in [0.25, 0.3) is 0 Å². The molecule has 1 fully saturated rings. The fourth-order valence-corrected chi connectivity index (χ4v) is 1.49. The monoisotopic (exact) mass is 152 g/mol. The number of hydrogen-bond donors (Lipinski definition) is 1. The van der Waals surface area contributed by atoms with Gasteiger partial charge in [0.05, 0.1) is 6.20 Å². The Morgan fingerprint density at radius 1 is 1.45 bits per heavy atom. The maximum atomic E-state index is 5.60. The van der Waals surface area contributed by atoms with Crippen LogP contribution in [0.15, 0.2) is 12.3 Å². The summed E-state index contributed by atoms with van der Waals surface area (Å²) in [6.45, 7) is 0. The first-order chi connectivity index (χ1) is 5.45. The SMILES string of the molecule is c1cc(OC2CCCC2)[nH]n1. The lowest BCUT2D eigenvalue weighted by molar-refractivity contribution is 0.201. The summed E-state index contributed by atoms with van der Waals surface area (Å²) in [4.78, 5) is 0. The molecule has 0 amide bonds. The van der Waals surface area contributed by atoms with Gasteiger partial charge in [0.1, 0.15) is 6.10 Å². The molecule has 0 spiro atoms. The normalized spacial score (nSPS) is 18.9. The highest BCUT2D eigenvalue weighted by molar-refractivity contribution is 5.04. The molecule has 0 atom stereocenters. The van der Waals surface area contributed by atoms with Gasteiger partial charge in [-0.05, 0) is 25.7 Å². The van der Waals surface area contributed by atoms with Crippen molar-refractivity contribution in [2.24, 2.45) is 0 Å². The predicted molar refractivity (Wildman–Crippen MR) is 41.5 cm³/mol. The van der Waals surface area contributed by atoms with E-state index in [1.54, 1.807) is 6.20 Å². The van der Waals surface area contributed by atoms with Gasteiger partial charge in [0.15, 0.2) is 0 Å². The van der Waals surface area contributed by atoms with E-state index in [2.05, 4.69) is 10.2 Å². The number of aromatic nitrogens is 2. The molecule has 3 nitrogen and oxygen atoms in total. The van der Waals surface area contributed by atoms with E-state index in [0.29, 0.717) is 6.10 Å². The number of nitrogens with one attached hydrogen (secondary N) is 1. The summed E-state index contributed by atoms with van der Waals surface area (Å²) >= 11 is 0. The van der Waals surface area contributed by atoms with Crippen molar-refractivity contribution in [3.05, 3.63) is 12.3 Å². The fraction of sp³-hybridized carbons (Fsp3) is 0.625. The van der Waals surface area contributed by atoms with Crippen molar-refractivity contribution in [2.75, 3.05) is 0 Å². The van der Waals surface area contributed by atoms with Gasteiger partial charge in [0, 0.05) is 6.07 Å². The number of ether oxygens (including phenoxy) is 1. The number of H-pyrrole nitrogens is 1. The van der Waals surface area contributed by atoms with Crippen LogP contribution in [0, 0.1) is 0 Å². The molecule has 0 aliphatic heterocycles. The molecule has 1 saturated carbocycles. The largest absolute Gasteiger partial charge is 0.475 e. The summed E-state index contributed by atoms with van der Waals surface area (Å²) in [5.74, 6) is 0.803. The summed E-state index contributed by atoms with van der Waals surface area (Å²) in [6, 6.07) is 1.86. The highest BCUT2D eigenvalue weighted by atomic mass is 16.5. The van der Waals surface area contributed by atoms with E-state index in [9.17, 15) is 0 Å². The lowest BCUT2D eigenvalue weighted by atomic mass is 10.3. The van der Waals surface area contributed by atoms with Gasteiger partial charge in [0.2, 0.25) is 5.88 Å². The van der Waals surface area contributed by atoms with Crippen LogP contribution in [-0.2, 0) is 0 Å². The molecule has 1 N–H and O–H groups in total. The van der Waals surface area contributed by atoms with E-state index in [0.717, 1.165) is 5.88 Å². The maximum Gasteiger partial charge on any atom is 0.209 e. The number of rotatable bonds is 2. The van der Waals surface area contributed by atoms with Gasteiger partial charge in [-0.3, -0.25) is 0 Å². The van der Waals surface area contributed by atoms with Gasteiger partial charge in [-0.25, -0.2) is 5.10 Å². The van der Waals surface area contributed by atoms with Crippen LogP contribution in [0.5, 0.6) is 5.88 Å². The maximum absolute atomic E-state index is 5.60. The van der Waals surface area contributed by atoms with Crippen molar-refractivity contribution in [2.45, 2.75) is 31.8 Å². The Hall–Kier alpha value is -0.990. The van der Waals surface area contributed by atoms with Crippen LogP contribution < -0.4 is 4.74 Å². The summed E-state index contributed by atoms with van der Waals surface area (Å²) in [5.41, 5.74) is 0. The van der Waals surface area contributed by atoms with Gasteiger partial charge in [-0.15, -0.1) is 0 Å². The molecular weight excluding hydrogens is 140 g/mol. The summed E-state index contributed by atoms with van der Waals surface area (Å²) in [5, 5.41) is 6.61. The third-order valence-corrected chi connectivity index (χ3v) is 2.07. The molecule has 1 aliphatic rings. The smallest absolute Gasteiger partial charge is 0.209 e. The minimum absolute atomic E-state index is 0.426. The van der Waals surface area contributed by atoms with Gasteiger partial charge in [-0.1, -0.05) is 0 Å². The molecule has 11 heavy (non-hydrogen) atoms. The second kappa shape index (κ2) is 2.95. The highest BCUT2D eigenvalue weighted by Crippen LogP contribution is 2.22. The number of nitrogens with zero attached hydrogens (tertiary/aromatic N) is 1. The van der Waals surface area contributed by atoms with Gasteiger partial charge in [0.25, 0.3) is 0 Å². The average Bonchev–Trinajstić information content (AvgIpc) is 2.60. The lowest BCUT2D eigenvalue weighted by Crippen LogP contribution is -2.10. The Bertz CT molecular complexity index is 202. The molecule has 1 heterocycles. The highest BCUT2D eigenvalue weighted by Gasteiger charge is 2.16. The van der Waals surface area contributed by atoms with E-state index in [1.807, 2.05) is 6.07 Å². The zero-order chi connectivity index (χ0) is 7.52. The quantitative estimate of drug-likeness (QED) is 0.700. The van der Waals surface area contributed by atoms with Crippen molar-refractivity contribution in [1.82, 2.24) is 10.2 Å². The predicted octanol–water partition coefficient (Wildman–Crippen LogP) is 1.73. The number of aromatic amines is 1. The first kappa shape index (κ1) is 6.70. The molecule has 1 aromatic rings. The van der Waals surface area contributed by atoms with Gasteiger partial charge >= 0.3 is 0 Å². The van der Waals surface area contributed by atoms with Crippen LogP contribution in [-0.4, -0.2) is 16.3 Å². The molecule has 0 radical (unpaired) electrons. The Morgan fingerprint density at radius 3 is 2.91 bits per heavy atom. The van der Waals surface area contributed by atoms with Crippen molar-refractivity contribution >= 4 is 0 Å². The third kappa shape index (κ3) is 1.53. The molecule has 0 bridgehead atoms. The minimum atomic E-state index is 0.426. The second-order valence-electron chi connectivity index (χ2n) is 2.95. The molecular formula is C8H12N2O. The average molecular weight is 152 g/mol. The Balaban J connectivity index is 1.90. The standard InChI is InChI=1S/C8H12N2O/c1-2-4-7(3-1)11-8-5-6-9-10-8/h5-7H,1-4H2,(H,9,10). The summed E-state index contributed by atoms with van der Waals surface area (Å²) < 4.78 is 5.60. The van der Waals surface area contributed by atoms with Crippen molar-refractivity contribution in [1.29, 1.82) is 0 Å². The second-order valence-corrected chi connectivity index (χ2v) is 2.95. The van der Waals surface area contributed by atoms with Crippen LogP contribution in [0.3, 0.4) is 0 Å². The van der Waals surface area contributed by atoms with E-state index in [1.165, 1.54) is 25.7 Å². The summed E-state index contributed by atoms with van der Waals surface area (Å²) in [6.07, 6.45) is 7.13. The van der Waals surface area contributed by atoms with Crippen molar-refractivity contribution < 1.29 is 4.74 Å². The van der Waals surface area contributed by atoms with Gasteiger partial charge in [-0.2, -0.15) is 5.10 Å². The van der Waals surface area contributed by atoms with E-state index < -0.39 is 0 Å². The van der Waals surface area contributed by atoms with Crippen LogP contribution in [0.1, 0.15) is 25.7 Å². The van der Waals surface area contributed by atoms with Crippen LogP contribution in [0.4, 0.5) is 0 Å². The third-order valence-electron chi connectivity index (χ3n) is 2.07. The van der Waals surface area contributed by atoms with E-state index in [-0.39, 0.29) is 0 Å². The molecule has 1 aromatic heterocycles. The molecule has 0 saturated heterocycles. The number of hydrogen-bond acceptors (Lipinski definition) is 2. The summed E-state index contributed by atoms with van der Waals surface area (Å²) in [7, 11) is 0. The molecule has 3 heteroatoms. The lowest BCUT2D eigenvalue weighted by Gasteiger charge is -2.09. The van der Waals surface area contributed by atoms with Crippen molar-refractivity contribution in [3.63, 3.8) is 0 Å². The first-order valence-electron chi connectivity index (χ1n) is 4.11. The topological polar surface area (TPSA) is 37.9 Å². The van der Waals surface area contributed by atoms with E-state index in [4.69, 9.17) is 4.74 Å². The molecule has 60 valence electrons. The zero-order valence-electron chi connectivity index (χ0n) is 6.42. The molecule has 2 rings (SSSR count). The van der Waals surface area contributed by atoms with Crippen LogP contribution >= 0.6 is 0 Å². The Morgan fingerprint density at radius 2 is 2.27 bits per heavy atom. The minimum Gasteiger partial charge on any atom is -0.475 e. The van der Waals surface area contributed by atoms with Crippen molar-refractivity contribution in [3.8, 4) is 5.88 Å². The zero-order valence-corrected chi connectivity index (χ0v) is 6.42. The molecule has 1 aliphatic carbocycles. The molecule has 0 aromatic carbocycles.